The van der Waals surface area contributed by atoms with Crippen LogP contribution in [0.1, 0.15) is 22.6 Å². The van der Waals surface area contributed by atoms with E-state index in [4.69, 9.17) is 17.3 Å². The van der Waals surface area contributed by atoms with E-state index in [1.165, 1.54) is 30.8 Å². The lowest BCUT2D eigenvalue weighted by molar-refractivity contribution is 0.334. The largest absolute Gasteiger partial charge is 0.326 e. The van der Waals surface area contributed by atoms with E-state index in [0.717, 1.165) is 16.4 Å². The molecule has 2 N–H and O–H groups in total. The Morgan fingerprint density at radius 3 is 2.71 bits per heavy atom. The van der Waals surface area contributed by atoms with Crippen molar-refractivity contribution in [2.24, 2.45) is 5.73 Å². The molecule has 4 heteroatoms. The summed E-state index contributed by atoms with van der Waals surface area (Å²) in [7, 11) is 0. The van der Waals surface area contributed by atoms with Crippen LogP contribution >= 0.6 is 22.9 Å². The molecule has 14 heavy (non-hydrogen) atoms. The predicted molar refractivity (Wildman–Crippen MR) is 61.7 cm³/mol. The van der Waals surface area contributed by atoms with Gasteiger partial charge in [-0.3, -0.25) is 4.90 Å². The molecular weight excluding hydrogens is 216 g/mol. The summed E-state index contributed by atoms with van der Waals surface area (Å²) in [6.07, 6.45) is 2.67. The molecule has 1 aliphatic rings. The average Bonchev–Trinajstić information content (AvgIpc) is 2.76. The van der Waals surface area contributed by atoms with Crippen LogP contribution in [-0.4, -0.2) is 18.0 Å². The summed E-state index contributed by atoms with van der Waals surface area (Å²) in [6, 6.07) is 2.06. The molecule has 0 aromatic carbocycles. The molecular formula is C10H15ClN2S. The minimum absolute atomic E-state index is 0.559. The number of hydrogen-bond donors (Lipinski definition) is 1. The Kier molecular flexibility index (Phi) is 3.44. The van der Waals surface area contributed by atoms with E-state index in [1.807, 2.05) is 0 Å². The van der Waals surface area contributed by atoms with Crippen molar-refractivity contribution < 1.29 is 0 Å². The van der Waals surface area contributed by atoms with Crippen LogP contribution in [-0.2, 0) is 13.1 Å². The van der Waals surface area contributed by atoms with Crippen LogP contribution in [0.25, 0.3) is 0 Å². The third-order valence-corrected chi connectivity index (χ3v) is 4.16. The van der Waals surface area contributed by atoms with Crippen LogP contribution in [0.5, 0.6) is 0 Å². The lowest BCUT2D eigenvalue weighted by atomic mass is 10.4. The van der Waals surface area contributed by atoms with Gasteiger partial charge in [-0.15, -0.1) is 11.3 Å². The van der Waals surface area contributed by atoms with Gasteiger partial charge in [0.2, 0.25) is 0 Å². The normalized spacial score (nSPS) is 17.9. The first-order chi connectivity index (χ1) is 6.79. The highest BCUT2D eigenvalue weighted by Gasteiger charge is 2.14. The van der Waals surface area contributed by atoms with Gasteiger partial charge in [0.05, 0.1) is 5.02 Å². The second-order valence-corrected chi connectivity index (χ2v) is 5.30. The van der Waals surface area contributed by atoms with Gasteiger partial charge >= 0.3 is 0 Å². The Hall–Kier alpha value is -0.0900. The zero-order valence-corrected chi connectivity index (χ0v) is 9.70. The fraction of sp³-hybridized carbons (Fsp3) is 0.600. The summed E-state index contributed by atoms with van der Waals surface area (Å²) >= 11 is 7.79. The SMILES string of the molecule is NCc1sc(CN2CCCC2)cc1Cl. The highest BCUT2D eigenvalue weighted by Crippen LogP contribution is 2.28. The monoisotopic (exact) mass is 230 g/mol. The summed E-state index contributed by atoms with van der Waals surface area (Å²) in [4.78, 5) is 4.93. The van der Waals surface area contributed by atoms with Gasteiger partial charge in [0.15, 0.2) is 0 Å². The Bertz CT molecular complexity index is 305. The van der Waals surface area contributed by atoms with Crippen molar-refractivity contribution in [1.82, 2.24) is 4.90 Å². The number of rotatable bonds is 3. The second kappa shape index (κ2) is 4.62. The maximum atomic E-state index is 6.04. The Morgan fingerprint density at radius 1 is 1.43 bits per heavy atom. The topological polar surface area (TPSA) is 29.3 Å². The third-order valence-electron chi connectivity index (χ3n) is 2.57. The van der Waals surface area contributed by atoms with E-state index in [0.29, 0.717) is 6.54 Å². The van der Waals surface area contributed by atoms with Crippen molar-refractivity contribution in [3.8, 4) is 0 Å². The number of nitrogens with two attached hydrogens (primary N) is 1. The van der Waals surface area contributed by atoms with Gasteiger partial charge in [-0.2, -0.15) is 0 Å². The third kappa shape index (κ3) is 2.28. The molecule has 2 rings (SSSR count). The van der Waals surface area contributed by atoms with Crippen LogP contribution in [0.2, 0.25) is 5.02 Å². The van der Waals surface area contributed by atoms with Gasteiger partial charge in [0.1, 0.15) is 0 Å². The van der Waals surface area contributed by atoms with Crippen LogP contribution in [0.4, 0.5) is 0 Å². The molecule has 0 atom stereocenters. The first-order valence-electron chi connectivity index (χ1n) is 4.99. The van der Waals surface area contributed by atoms with Crippen LogP contribution in [0.3, 0.4) is 0 Å². The van der Waals surface area contributed by atoms with Crippen LogP contribution in [0, 0.1) is 0 Å². The molecule has 0 bridgehead atoms. The van der Waals surface area contributed by atoms with E-state index in [9.17, 15) is 0 Å². The molecule has 78 valence electrons. The summed E-state index contributed by atoms with van der Waals surface area (Å²) in [6.45, 7) is 4.06. The minimum Gasteiger partial charge on any atom is -0.326 e. The number of hydrogen-bond acceptors (Lipinski definition) is 3. The second-order valence-electron chi connectivity index (χ2n) is 3.67. The Labute approximate surface area is 93.7 Å². The van der Waals surface area contributed by atoms with Crippen molar-refractivity contribution in [3.63, 3.8) is 0 Å². The molecule has 0 radical (unpaired) electrons. The van der Waals surface area contributed by atoms with E-state index < -0.39 is 0 Å². The number of likely N-dealkylation sites (tertiary alicyclic amines) is 1. The molecule has 1 aliphatic heterocycles. The van der Waals surface area contributed by atoms with E-state index in [-0.39, 0.29) is 0 Å². The number of halogens is 1. The maximum Gasteiger partial charge on any atom is 0.0561 e. The molecule has 0 amide bonds. The van der Waals surface area contributed by atoms with Gasteiger partial charge in [0.25, 0.3) is 0 Å². The standard InChI is InChI=1S/C10H15ClN2S/c11-9-5-8(14-10(9)6-12)7-13-3-1-2-4-13/h5H,1-4,6-7,12H2. The smallest absolute Gasteiger partial charge is 0.0561 e. The van der Waals surface area contributed by atoms with Gasteiger partial charge < -0.3 is 5.73 Å². The van der Waals surface area contributed by atoms with E-state index in [2.05, 4.69) is 11.0 Å². The summed E-state index contributed by atoms with van der Waals surface area (Å²) in [5.41, 5.74) is 5.58. The van der Waals surface area contributed by atoms with Gasteiger partial charge in [-0.1, -0.05) is 11.6 Å². The Morgan fingerprint density at radius 2 is 2.14 bits per heavy atom. The summed E-state index contributed by atoms with van der Waals surface area (Å²) in [5, 5.41) is 0.840. The van der Waals surface area contributed by atoms with Crippen molar-refractivity contribution in [2.45, 2.75) is 25.9 Å². The van der Waals surface area contributed by atoms with Gasteiger partial charge in [-0.25, -0.2) is 0 Å². The fourth-order valence-electron chi connectivity index (χ4n) is 1.84. The molecule has 1 saturated heterocycles. The van der Waals surface area contributed by atoms with Gasteiger partial charge in [-0.05, 0) is 32.0 Å². The van der Waals surface area contributed by atoms with Crippen molar-refractivity contribution >= 4 is 22.9 Å². The molecule has 0 saturated carbocycles. The minimum atomic E-state index is 0.559. The number of thiophene rings is 1. The first-order valence-corrected chi connectivity index (χ1v) is 6.18. The van der Waals surface area contributed by atoms with Crippen molar-refractivity contribution in [1.29, 1.82) is 0 Å². The van der Waals surface area contributed by atoms with Crippen LogP contribution < -0.4 is 5.73 Å². The zero-order chi connectivity index (χ0) is 9.97. The molecule has 1 aromatic heterocycles. The van der Waals surface area contributed by atoms with E-state index in [1.54, 1.807) is 11.3 Å². The predicted octanol–water partition coefficient (Wildman–Crippen LogP) is 2.46. The lowest BCUT2D eigenvalue weighted by Crippen LogP contribution is -2.17. The summed E-state index contributed by atoms with van der Waals surface area (Å²) in [5.74, 6) is 0. The molecule has 2 nitrogen and oxygen atoms in total. The van der Waals surface area contributed by atoms with E-state index >= 15 is 0 Å². The van der Waals surface area contributed by atoms with Crippen molar-refractivity contribution in [2.75, 3.05) is 13.1 Å². The average molecular weight is 231 g/mol. The zero-order valence-electron chi connectivity index (χ0n) is 8.13. The van der Waals surface area contributed by atoms with Crippen molar-refractivity contribution in [3.05, 3.63) is 20.8 Å². The molecule has 2 heterocycles. The molecule has 1 fully saturated rings. The Balaban J connectivity index is 2.01. The quantitative estimate of drug-likeness (QED) is 0.865. The molecule has 0 unspecified atom stereocenters. The highest BCUT2D eigenvalue weighted by atomic mass is 35.5. The van der Waals surface area contributed by atoms with Crippen LogP contribution in [0.15, 0.2) is 6.07 Å². The first kappa shape index (κ1) is 10.4. The molecule has 1 aromatic rings. The molecule has 0 spiro atoms. The summed E-state index contributed by atoms with van der Waals surface area (Å²) < 4.78 is 0. The fourth-order valence-corrected chi connectivity index (χ4v) is 3.21. The van der Waals surface area contributed by atoms with Gasteiger partial charge in [0, 0.05) is 22.8 Å². The molecule has 0 aliphatic carbocycles. The lowest BCUT2D eigenvalue weighted by Gasteiger charge is -2.12. The maximum absolute atomic E-state index is 6.04. The number of nitrogens with zero attached hydrogens (tertiary/aromatic N) is 1. The highest BCUT2D eigenvalue weighted by molar-refractivity contribution is 7.12.